The Kier molecular flexibility index (Phi) is 10.9. The first kappa shape index (κ1) is 23.9. The van der Waals surface area contributed by atoms with Crippen molar-refractivity contribution in [1.29, 1.82) is 0 Å². The Hall–Kier alpha value is -1.17. The van der Waals surface area contributed by atoms with Crippen molar-refractivity contribution < 1.29 is 14.3 Å². The Morgan fingerprint density at radius 2 is 1.96 bits per heavy atom. The summed E-state index contributed by atoms with van der Waals surface area (Å²) >= 11 is 6.41. The van der Waals surface area contributed by atoms with Crippen molar-refractivity contribution in [3.63, 3.8) is 0 Å². The third kappa shape index (κ3) is 6.74. The molecule has 1 amide bonds. The fourth-order valence-corrected chi connectivity index (χ4v) is 3.49. The van der Waals surface area contributed by atoms with Gasteiger partial charge in [-0.1, -0.05) is 24.9 Å². The van der Waals surface area contributed by atoms with Crippen molar-refractivity contribution >= 4 is 29.9 Å². The molecule has 0 saturated carbocycles. The first-order chi connectivity index (χ1) is 12.6. The lowest BCUT2D eigenvalue weighted by Crippen LogP contribution is -2.40. The largest absolute Gasteiger partial charge is 0.490 e. The Balaban J connectivity index is 0.00000364. The predicted octanol–water partition coefficient (Wildman–Crippen LogP) is 4.41. The number of amides is 1. The molecule has 0 unspecified atom stereocenters. The monoisotopic (exact) mass is 418 g/mol. The van der Waals surface area contributed by atoms with E-state index in [4.69, 9.17) is 21.1 Å². The molecule has 0 spiro atoms. The number of rotatable bonds is 9. The molecular formula is C20H32Cl2N2O3. The van der Waals surface area contributed by atoms with Crippen LogP contribution in [-0.4, -0.2) is 50.7 Å². The van der Waals surface area contributed by atoms with Crippen LogP contribution >= 0.6 is 24.0 Å². The number of benzene rings is 1. The molecule has 0 aromatic heterocycles. The minimum atomic E-state index is 0. The molecule has 0 radical (unpaired) electrons. The number of halogens is 2. The second-order valence-electron chi connectivity index (χ2n) is 6.71. The summed E-state index contributed by atoms with van der Waals surface area (Å²) in [5.41, 5.74) is 0.563. The zero-order chi connectivity index (χ0) is 18.9. The number of hydrogen-bond donors (Lipinski definition) is 1. The van der Waals surface area contributed by atoms with Gasteiger partial charge in [-0.05, 0) is 57.8 Å². The maximum atomic E-state index is 12.9. The van der Waals surface area contributed by atoms with Gasteiger partial charge >= 0.3 is 0 Å². The number of carbonyl (C=O) groups excluding carboxylic acids is 1. The highest BCUT2D eigenvalue weighted by molar-refractivity contribution is 6.32. The van der Waals surface area contributed by atoms with Gasteiger partial charge in [0.05, 0.1) is 18.2 Å². The first-order valence-electron chi connectivity index (χ1n) is 9.63. The molecule has 0 atom stereocenters. The quantitative estimate of drug-likeness (QED) is 0.603. The van der Waals surface area contributed by atoms with E-state index in [1.165, 1.54) is 0 Å². The van der Waals surface area contributed by atoms with Gasteiger partial charge < -0.3 is 19.7 Å². The van der Waals surface area contributed by atoms with Gasteiger partial charge in [-0.3, -0.25) is 4.79 Å². The smallest absolute Gasteiger partial charge is 0.254 e. The molecule has 1 aromatic rings. The zero-order valence-corrected chi connectivity index (χ0v) is 18.1. The number of unbranched alkanes of at least 4 members (excludes halogenated alkanes) is 1. The summed E-state index contributed by atoms with van der Waals surface area (Å²) < 4.78 is 11.5. The predicted molar refractivity (Wildman–Crippen MR) is 113 cm³/mol. The molecule has 1 fully saturated rings. The average Bonchev–Trinajstić information content (AvgIpc) is 2.64. The molecule has 1 aliphatic heterocycles. The molecule has 0 bridgehead atoms. The van der Waals surface area contributed by atoms with Crippen molar-refractivity contribution in [1.82, 2.24) is 10.2 Å². The van der Waals surface area contributed by atoms with E-state index in [2.05, 4.69) is 12.2 Å². The van der Waals surface area contributed by atoms with Gasteiger partial charge in [0.25, 0.3) is 5.91 Å². The Labute approximate surface area is 174 Å². The van der Waals surface area contributed by atoms with Gasteiger partial charge in [0, 0.05) is 18.7 Å². The Bertz CT molecular complexity index is 591. The number of likely N-dealkylation sites (tertiary alicyclic amines) is 1. The van der Waals surface area contributed by atoms with E-state index in [1.54, 1.807) is 12.1 Å². The van der Waals surface area contributed by atoms with Gasteiger partial charge in [-0.15, -0.1) is 12.4 Å². The van der Waals surface area contributed by atoms with Crippen molar-refractivity contribution in [2.24, 2.45) is 5.92 Å². The van der Waals surface area contributed by atoms with Gasteiger partial charge in [0.1, 0.15) is 0 Å². The molecule has 1 heterocycles. The van der Waals surface area contributed by atoms with E-state index in [1.807, 2.05) is 18.9 Å². The first-order valence-corrected chi connectivity index (χ1v) is 10.0. The van der Waals surface area contributed by atoms with Gasteiger partial charge in [-0.25, -0.2) is 0 Å². The molecule has 0 aliphatic carbocycles. The second kappa shape index (κ2) is 12.3. The van der Waals surface area contributed by atoms with Crippen molar-refractivity contribution in [3.05, 3.63) is 22.7 Å². The minimum absolute atomic E-state index is 0. The van der Waals surface area contributed by atoms with E-state index in [-0.39, 0.29) is 18.3 Å². The summed E-state index contributed by atoms with van der Waals surface area (Å²) in [6.45, 7) is 7.66. The highest BCUT2D eigenvalue weighted by atomic mass is 35.5. The lowest BCUT2D eigenvalue weighted by atomic mass is 9.96. The molecule has 2 rings (SSSR count). The number of hydrogen-bond acceptors (Lipinski definition) is 4. The molecule has 1 saturated heterocycles. The van der Waals surface area contributed by atoms with Gasteiger partial charge in [0.2, 0.25) is 0 Å². The maximum Gasteiger partial charge on any atom is 0.254 e. The van der Waals surface area contributed by atoms with Crippen molar-refractivity contribution in [2.45, 2.75) is 39.5 Å². The normalized spacial score (nSPS) is 14.6. The van der Waals surface area contributed by atoms with Crippen LogP contribution in [0.3, 0.4) is 0 Å². The number of piperidine rings is 1. The topological polar surface area (TPSA) is 50.8 Å². The van der Waals surface area contributed by atoms with E-state index in [9.17, 15) is 4.79 Å². The SMILES string of the molecule is CCCCOc1c(Cl)cc(C(=O)N2CCC(CNC)CC2)cc1OCC.Cl. The highest BCUT2D eigenvalue weighted by Gasteiger charge is 2.25. The van der Waals surface area contributed by atoms with Crippen LogP contribution in [-0.2, 0) is 0 Å². The molecule has 1 aliphatic rings. The lowest BCUT2D eigenvalue weighted by molar-refractivity contribution is 0.0690. The zero-order valence-electron chi connectivity index (χ0n) is 16.6. The Morgan fingerprint density at radius 1 is 1.26 bits per heavy atom. The van der Waals surface area contributed by atoms with Crippen LogP contribution < -0.4 is 14.8 Å². The van der Waals surface area contributed by atoms with E-state index in [0.29, 0.717) is 41.2 Å². The van der Waals surface area contributed by atoms with E-state index in [0.717, 1.165) is 45.3 Å². The van der Waals surface area contributed by atoms with Crippen LogP contribution in [0, 0.1) is 5.92 Å². The fourth-order valence-electron chi connectivity index (χ4n) is 3.22. The fraction of sp³-hybridized carbons (Fsp3) is 0.650. The van der Waals surface area contributed by atoms with Crippen LogP contribution in [0.25, 0.3) is 0 Å². The summed E-state index contributed by atoms with van der Waals surface area (Å²) in [5, 5.41) is 3.65. The number of nitrogens with zero attached hydrogens (tertiary/aromatic N) is 1. The lowest BCUT2D eigenvalue weighted by Gasteiger charge is -2.32. The molecule has 27 heavy (non-hydrogen) atoms. The van der Waals surface area contributed by atoms with E-state index >= 15 is 0 Å². The van der Waals surface area contributed by atoms with Gasteiger partial charge in [-0.2, -0.15) is 0 Å². The maximum absolute atomic E-state index is 12.9. The van der Waals surface area contributed by atoms with Crippen molar-refractivity contribution in [3.8, 4) is 11.5 Å². The average molecular weight is 419 g/mol. The summed E-state index contributed by atoms with van der Waals surface area (Å²) in [4.78, 5) is 14.8. The summed E-state index contributed by atoms with van der Waals surface area (Å²) in [6.07, 6.45) is 4.04. The molecule has 7 heteroatoms. The van der Waals surface area contributed by atoms with E-state index < -0.39 is 0 Å². The highest BCUT2D eigenvalue weighted by Crippen LogP contribution is 2.37. The summed E-state index contributed by atoms with van der Waals surface area (Å²) in [7, 11) is 1.97. The number of ether oxygens (including phenoxy) is 2. The Morgan fingerprint density at radius 3 is 2.56 bits per heavy atom. The van der Waals surface area contributed by atoms with Gasteiger partial charge in [0.15, 0.2) is 11.5 Å². The summed E-state index contributed by atoms with van der Waals surface area (Å²) in [6, 6.07) is 3.46. The molecule has 154 valence electrons. The van der Waals surface area contributed by atoms with Crippen LogP contribution in [0.15, 0.2) is 12.1 Å². The summed E-state index contributed by atoms with van der Waals surface area (Å²) in [5.74, 6) is 1.73. The van der Waals surface area contributed by atoms with Crippen LogP contribution in [0.2, 0.25) is 5.02 Å². The third-order valence-corrected chi connectivity index (χ3v) is 4.98. The number of carbonyl (C=O) groups is 1. The molecule has 1 aromatic carbocycles. The second-order valence-corrected chi connectivity index (χ2v) is 7.12. The van der Waals surface area contributed by atoms with Crippen molar-refractivity contribution in [2.75, 3.05) is 39.9 Å². The standard InChI is InChI=1S/C20H31ClN2O3.ClH/c1-4-6-11-26-19-17(21)12-16(13-18(19)25-5-2)20(24)23-9-7-15(8-10-23)14-22-3;/h12-13,15,22H,4-11,14H2,1-3H3;1H. The molecule has 5 nitrogen and oxygen atoms in total. The van der Waals surface area contributed by atoms with Crippen LogP contribution in [0.1, 0.15) is 49.9 Å². The molecule has 1 N–H and O–H groups in total. The number of nitrogens with one attached hydrogen (secondary N) is 1. The van der Waals surface area contributed by atoms with Crippen LogP contribution in [0.4, 0.5) is 0 Å². The third-order valence-electron chi connectivity index (χ3n) is 4.70. The van der Waals surface area contributed by atoms with Crippen LogP contribution in [0.5, 0.6) is 11.5 Å². The minimum Gasteiger partial charge on any atom is -0.490 e. The molecular weight excluding hydrogens is 387 g/mol.